The fourth-order valence-corrected chi connectivity index (χ4v) is 3.20. The van der Waals surface area contributed by atoms with Gasteiger partial charge in [-0.2, -0.15) is 4.31 Å². The smallest absolute Gasteiger partial charge is 0.246 e. The average Bonchev–Trinajstić information content (AvgIpc) is 2.24. The summed E-state index contributed by atoms with van der Waals surface area (Å²) in [6.07, 6.45) is 0. The van der Waals surface area contributed by atoms with Crippen molar-refractivity contribution in [2.24, 2.45) is 5.73 Å². The Hall–Kier alpha value is -1.67. The number of carbonyl (C=O) groups excluding carboxylic acids is 1. The van der Waals surface area contributed by atoms with E-state index in [1.165, 1.54) is 6.07 Å². The highest BCUT2D eigenvalue weighted by molar-refractivity contribution is 7.89. The molecule has 0 spiro atoms. The van der Waals surface area contributed by atoms with Crippen LogP contribution in [0.5, 0.6) is 0 Å². The molecule has 0 unspecified atom stereocenters. The molecule has 0 atom stereocenters. The Bertz CT molecular complexity index is 587. The number of nitrogens with zero attached hydrogens (tertiary/aromatic N) is 1. The second-order valence-corrected chi connectivity index (χ2v) is 6.16. The van der Waals surface area contributed by atoms with E-state index < -0.39 is 39.2 Å². The summed E-state index contributed by atoms with van der Waals surface area (Å²) in [5.74, 6) is -1.77. The Balaban J connectivity index is 3.30. The van der Waals surface area contributed by atoms with Gasteiger partial charge < -0.3 is 11.5 Å². The molecule has 1 aromatic rings. The number of carbonyl (C=O) groups is 1. The van der Waals surface area contributed by atoms with Gasteiger partial charge in [0, 0.05) is 11.7 Å². The minimum atomic E-state index is -4.14. The topological polar surface area (TPSA) is 106 Å². The van der Waals surface area contributed by atoms with Crippen molar-refractivity contribution in [2.45, 2.75) is 24.8 Å². The second-order valence-electron chi connectivity index (χ2n) is 4.30. The van der Waals surface area contributed by atoms with Crippen LogP contribution < -0.4 is 11.5 Å². The van der Waals surface area contributed by atoms with Crippen LogP contribution in [0.3, 0.4) is 0 Å². The zero-order chi connectivity index (χ0) is 14.8. The number of halogens is 1. The van der Waals surface area contributed by atoms with Gasteiger partial charge in [0.25, 0.3) is 0 Å². The van der Waals surface area contributed by atoms with Crippen LogP contribution in [0.25, 0.3) is 0 Å². The molecule has 0 aromatic heterocycles. The third kappa shape index (κ3) is 3.42. The third-order valence-corrected chi connectivity index (χ3v) is 4.49. The van der Waals surface area contributed by atoms with Crippen molar-refractivity contribution in [3.05, 3.63) is 24.0 Å². The van der Waals surface area contributed by atoms with Crippen LogP contribution in [0.15, 0.2) is 23.1 Å². The predicted molar refractivity (Wildman–Crippen MR) is 69.0 cm³/mol. The Morgan fingerprint density at radius 3 is 2.42 bits per heavy atom. The Morgan fingerprint density at radius 2 is 2.00 bits per heavy atom. The maximum atomic E-state index is 13.7. The van der Waals surface area contributed by atoms with Crippen LogP contribution in [-0.2, 0) is 14.8 Å². The van der Waals surface area contributed by atoms with E-state index in [1.807, 2.05) is 0 Å². The molecule has 0 radical (unpaired) electrons. The number of amides is 1. The molecule has 0 heterocycles. The first-order valence-electron chi connectivity index (χ1n) is 5.51. The van der Waals surface area contributed by atoms with Gasteiger partial charge in [0.2, 0.25) is 15.9 Å². The highest BCUT2D eigenvalue weighted by Gasteiger charge is 2.30. The highest BCUT2D eigenvalue weighted by atomic mass is 32.2. The van der Waals surface area contributed by atoms with E-state index in [-0.39, 0.29) is 5.69 Å². The standard InChI is InChI=1S/C11H16FN3O3S/c1-7(2)15(6-11(14)16)19(17,18)10-4-3-8(13)5-9(10)12/h3-5,7H,6,13H2,1-2H3,(H2,14,16). The monoisotopic (exact) mass is 289 g/mol. The highest BCUT2D eigenvalue weighted by Crippen LogP contribution is 2.22. The first kappa shape index (κ1) is 15.4. The molecular formula is C11H16FN3O3S. The maximum absolute atomic E-state index is 13.7. The van der Waals surface area contributed by atoms with E-state index in [0.717, 1.165) is 16.4 Å². The van der Waals surface area contributed by atoms with Gasteiger partial charge in [-0.1, -0.05) is 0 Å². The molecule has 19 heavy (non-hydrogen) atoms. The number of sulfonamides is 1. The van der Waals surface area contributed by atoms with Gasteiger partial charge in [-0.25, -0.2) is 12.8 Å². The van der Waals surface area contributed by atoms with Crippen molar-refractivity contribution in [1.29, 1.82) is 0 Å². The van der Waals surface area contributed by atoms with Gasteiger partial charge in [-0.3, -0.25) is 4.79 Å². The van der Waals surface area contributed by atoms with Crippen LogP contribution >= 0.6 is 0 Å². The third-order valence-electron chi connectivity index (χ3n) is 2.43. The fraction of sp³-hybridized carbons (Fsp3) is 0.364. The maximum Gasteiger partial charge on any atom is 0.246 e. The zero-order valence-electron chi connectivity index (χ0n) is 10.6. The van der Waals surface area contributed by atoms with Crippen LogP contribution in [0.1, 0.15) is 13.8 Å². The first-order chi connectivity index (χ1) is 8.66. The number of nitrogens with two attached hydrogens (primary N) is 2. The van der Waals surface area contributed by atoms with Crippen LogP contribution in [0.4, 0.5) is 10.1 Å². The van der Waals surface area contributed by atoms with Gasteiger partial charge in [-0.15, -0.1) is 0 Å². The lowest BCUT2D eigenvalue weighted by atomic mass is 10.3. The number of hydrogen-bond acceptors (Lipinski definition) is 4. The summed E-state index contributed by atoms with van der Waals surface area (Å²) in [4.78, 5) is 10.4. The molecule has 0 fully saturated rings. The Labute approximate surface area is 111 Å². The number of hydrogen-bond donors (Lipinski definition) is 2. The lowest BCUT2D eigenvalue weighted by molar-refractivity contribution is -0.118. The summed E-state index contributed by atoms with van der Waals surface area (Å²) in [5, 5.41) is 0. The minimum absolute atomic E-state index is 0.113. The number of nitrogen functional groups attached to an aromatic ring is 1. The summed E-state index contributed by atoms with van der Waals surface area (Å²) in [6.45, 7) is 2.62. The Kier molecular flexibility index (Phi) is 4.48. The summed E-state index contributed by atoms with van der Waals surface area (Å²) in [6, 6.07) is 2.72. The molecule has 0 bridgehead atoms. The van der Waals surface area contributed by atoms with E-state index in [0.29, 0.717) is 0 Å². The largest absolute Gasteiger partial charge is 0.399 e. The van der Waals surface area contributed by atoms with Crippen LogP contribution in [0.2, 0.25) is 0 Å². The summed E-state index contributed by atoms with van der Waals surface area (Å²) in [7, 11) is -4.14. The molecule has 0 aliphatic carbocycles. The van der Waals surface area contributed by atoms with Gasteiger partial charge in [0.1, 0.15) is 10.7 Å². The molecule has 106 valence electrons. The molecule has 1 amide bonds. The number of rotatable bonds is 5. The number of anilines is 1. The van der Waals surface area contributed by atoms with Gasteiger partial charge in [-0.05, 0) is 32.0 Å². The molecular weight excluding hydrogens is 273 g/mol. The number of primary amides is 1. The van der Waals surface area contributed by atoms with Crippen molar-refractivity contribution in [3.8, 4) is 0 Å². The van der Waals surface area contributed by atoms with Gasteiger partial charge in [0.05, 0.1) is 6.54 Å². The summed E-state index contributed by atoms with van der Waals surface area (Å²) >= 11 is 0. The second kappa shape index (κ2) is 5.54. The zero-order valence-corrected chi connectivity index (χ0v) is 11.4. The molecule has 0 aliphatic heterocycles. The van der Waals surface area contributed by atoms with Crippen LogP contribution in [-0.4, -0.2) is 31.2 Å². The molecule has 8 heteroatoms. The molecule has 6 nitrogen and oxygen atoms in total. The summed E-state index contributed by atoms with van der Waals surface area (Å²) in [5.41, 5.74) is 10.5. The molecule has 0 saturated heterocycles. The van der Waals surface area contributed by atoms with Crippen molar-refractivity contribution in [2.75, 3.05) is 12.3 Å². The molecule has 4 N–H and O–H groups in total. The SMILES string of the molecule is CC(C)N(CC(N)=O)S(=O)(=O)c1ccc(N)cc1F. The quantitative estimate of drug-likeness (QED) is 0.760. The number of benzene rings is 1. The van der Waals surface area contributed by atoms with E-state index in [1.54, 1.807) is 13.8 Å². The van der Waals surface area contributed by atoms with E-state index in [2.05, 4.69) is 0 Å². The van der Waals surface area contributed by atoms with E-state index >= 15 is 0 Å². The molecule has 0 saturated carbocycles. The minimum Gasteiger partial charge on any atom is -0.399 e. The van der Waals surface area contributed by atoms with E-state index in [4.69, 9.17) is 11.5 Å². The lowest BCUT2D eigenvalue weighted by Gasteiger charge is -2.24. The average molecular weight is 289 g/mol. The normalized spacial score (nSPS) is 12.1. The van der Waals surface area contributed by atoms with Crippen molar-refractivity contribution in [1.82, 2.24) is 4.31 Å². The van der Waals surface area contributed by atoms with Crippen LogP contribution in [0, 0.1) is 5.82 Å². The van der Waals surface area contributed by atoms with Gasteiger partial charge >= 0.3 is 0 Å². The van der Waals surface area contributed by atoms with Crippen molar-refractivity contribution < 1.29 is 17.6 Å². The lowest BCUT2D eigenvalue weighted by Crippen LogP contribution is -2.42. The van der Waals surface area contributed by atoms with Crippen molar-refractivity contribution in [3.63, 3.8) is 0 Å². The predicted octanol–water partition coefficient (Wildman–Crippen LogP) is 0.292. The van der Waals surface area contributed by atoms with Crippen molar-refractivity contribution >= 4 is 21.6 Å². The van der Waals surface area contributed by atoms with E-state index in [9.17, 15) is 17.6 Å². The molecule has 1 rings (SSSR count). The summed E-state index contributed by atoms with van der Waals surface area (Å²) < 4.78 is 39.1. The molecule has 0 aliphatic rings. The first-order valence-corrected chi connectivity index (χ1v) is 6.95. The fourth-order valence-electron chi connectivity index (χ4n) is 1.55. The Morgan fingerprint density at radius 1 is 1.42 bits per heavy atom. The van der Waals surface area contributed by atoms with Gasteiger partial charge in [0.15, 0.2) is 0 Å². The molecule has 1 aromatic carbocycles.